The van der Waals surface area contributed by atoms with Crippen molar-refractivity contribution in [3.05, 3.63) is 59.7 Å². The lowest BCUT2D eigenvalue weighted by Crippen LogP contribution is -2.73. The number of carboxylic acid groups (broad SMARTS) is 1. The lowest BCUT2D eigenvalue weighted by Gasteiger charge is -2.66. The van der Waals surface area contributed by atoms with Crippen molar-refractivity contribution in [2.24, 2.45) is 28.1 Å². The number of aryl methyl sites for hydroxylation is 1. The highest BCUT2D eigenvalue weighted by Gasteiger charge is 2.83. The van der Waals surface area contributed by atoms with Crippen LogP contribution in [0.5, 0.6) is 0 Å². The van der Waals surface area contributed by atoms with Crippen LogP contribution in [-0.4, -0.2) is 63.7 Å². The Balaban J connectivity index is 1.34. The summed E-state index contributed by atoms with van der Waals surface area (Å²) >= 11 is 0. The van der Waals surface area contributed by atoms with E-state index in [1.807, 2.05) is 25.1 Å². The first-order chi connectivity index (χ1) is 18.3. The van der Waals surface area contributed by atoms with E-state index in [0.717, 1.165) is 12.8 Å². The van der Waals surface area contributed by atoms with Gasteiger partial charge in [0.25, 0.3) is 0 Å². The number of carbonyl (C=O) groups excluding carboxylic acids is 1. The van der Waals surface area contributed by atoms with E-state index in [2.05, 4.69) is 12.1 Å². The van der Waals surface area contributed by atoms with Gasteiger partial charge in [0.15, 0.2) is 17.1 Å². The number of hydrogen-bond acceptors (Lipinski definition) is 5. The quantitative estimate of drug-likeness (QED) is 0.566. The van der Waals surface area contributed by atoms with E-state index in [1.54, 1.807) is 18.9 Å². The molecule has 1 heterocycles. The third kappa shape index (κ3) is 3.22. The normalized spacial score (nSPS) is 46.7. The van der Waals surface area contributed by atoms with Crippen molar-refractivity contribution < 1.29 is 33.4 Å². The molecule has 39 heavy (non-hydrogen) atoms. The number of carbonyl (C=O) groups is 2. The Morgan fingerprint density at radius 1 is 1.18 bits per heavy atom. The van der Waals surface area contributed by atoms with Crippen molar-refractivity contribution in [1.29, 1.82) is 0 Å². The van der Waals surface area contributed by atoms with Crippen molar-refractivity contribution in [1.82, 2.24) is 5.06 Å². The maximum absolute atomic E-state index is 17.6. The number of allylic oxidation sites excluding steroid dienone is 4. The number of aliphatic hydroxyl groups excluding tert-OH is 1. The number of carboxylic acids is 1. The second-order valence-electron chi connectivity index (χ2n) is 13.0. The molecule has 1 saturated heterocycles. The summed E-state index contributed by atoms with van der Waals surface area (Å²) in [6.45, 7) is 6.14. The SMILES string of the molecule is C[C@]12C[C@H](O)[C@@]3(F)[C@@H](C[C@H](F)C4=CC(=O)C=C[C@@]43C)[C@]1(C)C[C@H]1CN(CCCc3ccccc3)O[C@]12C(=O)O. The lowest BCUT2D eigenvalue weighted by atomic mass is 9.40. The number of ketones is 1. The first kappa shape index (κ1) is 26.8. The van der Waals surface area contributed by atoms with Crippen molar-refractivity contribution in [3.63, 3.8) is 0 Å². The fraction of sp³-hybridized carbons (Fsp3) is 0.613. The standard InChI is InChI=1S/C31H37F2NO5/c1-27-12-11-21(35)14-22(27)23(32)15-24-28(2)16-20-18-34(13-7-10-19-8-5-4-6-9-19)39-31(20,26(37)38)29(28,3)17-25(36)30(24,27)33/h4-6,8-9,11-12,14,20,23-25,36H,7,10,13,15-18H2,1-3H3,(H,37,38)/t20-,23-,24-,25-,27-,28-,29-,30-,31-/m0/s1. The third-order valence-electron chi connectivity index (χ3n) is 11.5. The zero-order chi connectivity index (χ0) is 28.0. The first-order valence-electron chi connectivity index (χ1n) is 14.0. The van der Waals surface area contributed by atoms with Gasteiger partial charge in [-0.25, -0.2) is 13.6 Å². The van der Waals surface area contributed by atoms with Gasteiger partial charge in [-0.3, -0.25) is 9.63 Å². The van der Waals surface area contributed by atoms with Crippen LogP contribution in [0.4, 0.5) is 8.78 Å². The van der Waals surface area contributed by atoms with Gasteiger partial charge in [0.05, 0.1) is 6.10 Å². The lowest BCUT2D eigenvalue weighted by molar-refractivity contribution is -0.292. The van der Waals surface area contributed by atoms with E-state index >= 15 is 8.78 Å². The summed E-state index contributed by atoms with van der Waals surface area (Å²) in [7, 11) is 0. The first-order valence-corrected chi connectivity index (χ1v) is 14.0. The minimum absolute atomic E-state index is 0.0620. The number of aliphatic carboxylic acids is 1. The Hall–Kier alpha value is -2.42. The molecule has 0 aromatic heterocycles. The van der Waals surface area contributed by atoms with E-state index in [4.69, 9.17) is 4.84 Å². The zero-order valence-corrected chi connectivity index (χ0v) is 22.7. The van der Waals surface area contributed by atoms with Gasteiger partial charge in [-0.2, -0.15) is 5.06 Å². The highest BCUT2D eigenvalue weighted by atomic mass is 19.1. The number of hydroxylamine groups is 2. The fourth-order valence-electron chi connectivity index (χ4n) is 9.38. The summed E-state index contributed by atoms with van der Waals surface area (Å²) < 4.78 is 33.4. The van der Waals surface area contributed by atoms with E-state index in [0.29, 0.717) is 19.5 Å². The van der Waals surface area contributed by atoms with Gasteiger partial charge in [-0.05, 0) is 67.7 Å². The van der Waals surface area contributed by atoms with E-state index in [1.165, 1.54) is 23.8 Å². The number of halogens is 2. The van der Waals surface area contributed by atoms with E-state index < -0.39 is 63.4 Å². The van der Waals surface area contributed by atoms with Gasteiger partial charge >= 0.3 is 5.97 Å². The van der Waals surface area contributed by atoms with Crippen molar-refractivity contribution in [3.8, 4) is 0 Å². The summed E-state index contributed by atoms with van der Waals surface area (Å²) in [6, 6.07) is 10.0. The van der Waals surface area contributed by atoms with Crippen LogP contribution in [0, 0.1) is 28.1 Å². The smallest absolute Gasteiger partial charge is 0.339 e. The monoisotopic (exact) mass is 541 g/mol. The molecule has 0 bridgehead atoms. The summed E-state index contributed by atoms with van der Waals surface area (Å²) in [5.74, 6) is -2.92. The van der Waals surface area contributed by atoms with Gasteiger partial charge in [-0.15, -0.1) is 0 Å². The van der Waals surface area contributed by atoms with Gasteiger partial charge < -0.3 is 10.2 Å². The van der Waals surface area contributed by atoms with E-state index in [9.17, 15) is 19.8 Å². The van der Waals surface area contributed by atoms with Crippen LogP contribution in [0.25, 0.3) is 0 Å². The number of fused-ring (bicyclic) bond motifs is 7. The highest BCUT2D eigenvalue weighted by Crippen LogP contribution is 2.77. The van der Waals surface area contributed by atoms with Crippen LogP contribution in [0.1, 0.15) is 52.0 Å². The Kier molecular flexibility index (Phi) is 5.87. The average Bonchev–Trinajstić information content (AvgIpc) is 3.34. The molecular weight excluding hydrogens is 504 g/mol. The fourth-order valence-corrected chi connectivity index (χ4v) is 9.38. The topological polar surface area (TPSA) is 87.1 Å². The molecule has 1 aromatic carbocycles. The van der Waals surface area contributed by atoms with Crippen LogP contribution in [0.15, 0.2) is 54.1 Å². The summed E-state index contributed by atoms with van der Waals surface area (Å²) in [5.41, 5.74) is -6.29. The van der Waals surface area contributed by atoms with Crippen LogP contribution in [0.2, 0.25) is 0 Å². The predicted octanol–water partition coefficient (Wildman–Crippen LogP) is 4.62. The van der Waals surface area contributed by atoms with Crippen LogP contribution in [0.3, 0.4) is 0 Å². The molecule has 6 nitrogen and oxygen atoms in total. The molecule has 0 radical (unpaired) electrons. The van der Waals surface area contributed by atoms with Gasteiger partial charge in [0.1, 0.15) is 6.17 Å². The molecule has 210 valence electrons. The zero-order valence-electron chi connectivity index (χ0n) is 22.7. The van der Waals surface area contributed by atoms with Crippen LogP contribution >= 0.6 is 0 Å². The molecule has 0 unspecified atom stereocenters. The minimum Gasteiger partial charge on any atom is -0.479 e. The van der Waals surface area contributed by atoms with Crippen LogP contribution in [-0.2, 0) is 20.8 Å². The second-order valence-corrected chi connectivity index (χ2v) is 13.0. The molecule has 5 aliphatic rings. The summed E-state index contributed by atoms with van der Waals surface area (Å²) in [6.07, 6.45) is 2.29. The molecule has 0 spiro atoms. The summed E-state index contributed by atoms with van der Waals surface area (Å²) in [5, 5.41) is 24.0. The maximum atomic E-state index is 17.6. The molecule has 8 heteroatoms. The Morgan fingerprint density at radius 2 is 1.90 bits per heavy atom. The molecule has 0 amide bonds. The predicted molar refractivity (Wildman–Crippen MR) is 140 cm³/mol. The largest absolute Gasteiger partial charge is 0.479 e. The second kappa shape index (κ2) is 8.54. The molecule has 1 aliphatic heterocycles. The number of alkyl halides is 2. The van der Waals surface area contributed by atoms with E-state index in [-0.39, 0.29) is 18.4 Å². The van der Waals surface area contributed by atoms with Gasteiger partial charge in [0, 0.05) is 35.8 Å². The molecule has 9 atom stereocenters. The molecule has 4 aliphatic carbocycles. The third-order valence-corrected chi connectivity index (χ3v) is 11.5. The molecule has 3 saturated carbocycles. The van der Waals surface area contributed by atoms with Crippen molar-refractivity contribution in [2.75, 3.05) is 13.1 Å². The van der Waals surface area contributed by atoms with Crippen molar-refractivity contribution in [2.45, 2.75) is 76.4 Å². The number of nitrogens with zero attached hydrogens (tertiary/aromatic N) is 1. The number of rotatable bonds is 5. The average molecular weight is 542 g/mol. The molecule has 2 N–H and O–H groups in total. The highest BCUT2D eigenvalue weighted by molar-refractivity contribution is 6.01. The van der Waals surface area contributed by atoms with Crippen LogP contribution < -0.4 is 0 Å². The van der Waals surface area contributed by atoms with Crippen molar-refractivity contribution >= 4 is 11.8 Å². The minimum atomic E-state index is -2.26. The Bertz CT molecular complexity index is 1270. The molecule has 4 fully saturated rings. The Labute approximate surface area is 227 Å². The van der Waals surface area contributed by atoms with Gasteiger partial charge in [-0.1, -0.05) is 50.3 Å². The maximum Gasteiger partial charge on any atom is 0.339 e. The number of benzene rings is 1. The number of hydrogen-bond donors (Lipinski definition) is 2. The molecule has 1 aromatic rings. The van der Waals surface area contributed by atoms with Gasteiger partial charge in [0.2, 0.25) is 0 Å². The molecule has 6 rings (SSSR count). The summed E-state index contributed by atoms with van der Waals surface area (Å²) in [4.78, 5) is 31.6. The molecular formula is C31H37F2NO5. The number of aliphatic hydroxyl groups is 1. The Morgan fingerprint density at radius 3 is 2.59 bits per heavy atom.